The molecule has 0 aliphatic rings. The molecule has 0 spiro atoms. The van der Waals surface area contributed by atoms with Crippen LogP contribution in [0.4, 0.5) is 0 Å². The van der Waals surface area contributed by atoms with E-state index in [1.807, 2.05) is 6.08 Å². The summed E-state index contributed by atoms with van der Waals surface area (Å²) in [6.07, 6.45) is 87.0. The molecule has 1 unspecified atom stereocenters. The first-order valence-electron chi connectivity index (χ1n) is 31.9. The molecule has 0 N–H and O–H groups in total. The molecule has 0 bridgehead atoms. The van der Waals surface area contributed by atoms with E-state index < -0.39 is 12.1 Å². The molecule has 0 aliphatic carbocycles. The zero-order valence-electron chi connectivity index (χ0n) is 49.7. The standard InChI is InChI=1S/C70H118O6/c1-4-7-10-13-16-19-22-25-28-29-30-31-32-33-34-35-36-37-38-39-40-41-43-45-48-51-54-57-60-63-69(72)75-66-67(65-74-68(71)62-59-56-53-50-47-44-27-24-21-18-15-12-9-6-3)76-70(73)64-61-58-55-52-49-46-42-26-23-20-17-14-11-8-5-2/h8,11,17,20,22,24-27,29-30,32-33,42,49,52,58,61,67H,4-7,9-10,12-16,18-19,21,23,28,31,34-41,43-48,50-51,53-57,59-60,62-66H2,1-3H3/b11-8-,20-17-,25-22-,27-24-,30-29-,33-32-,42-26-,52-49-,61-58-. The zero-order valence-corrected chi connectivity index (χ0v) is 49.7. The van der Waals surface area contributed by atoms with E-state index in [4.69, 9.17) is 14.2 Å². The van der Waals surface area contributed by atoms with Gasteiger partial charge in [-0.15, -0.1) is 0 Å². The lowest BCUT2D eigenvalue weighted by molar-refractivity contribution is -0.166. The van der Waals surface area contributed by atoms with Crippen LogP contribution >= 0.6 is 0 Å². The molecule has 0 radical (unpaired) electrons. The van der Waals surface area contributed by atoms with Gasteiger partial charge in [0, 0.05) is 12.8 Å². The first-order chi connectivity index (χ1) is 37.5. The van der Waals surface area contributed by atoms with Crippen molar-refractivity contribution in [3.63, 3.8) is 0 Å². The van der Waals surface area contributed by atoms with Gasteiger partial charge in [0.15, 0.2) is 6.10 Å². The molecule has 0 fully saturated rings. The van der Waals surface area contributed by atoms with Gasteiger partial charge in [0.05, 0.1) is 6.42 Å². The largest absolute Gasteiger partial charge is 0.462 e. The summed E-state index contributed by atoms with van der Waals surface area (Å²) in [5.74, 6) is -1.05. The fraction of sp³-hybridized carbons (Fsp3) is 0.700. The topological polar surface area (TPSA) is 78.9 Å². The lowest BCUT2D eigenvalue weighted by Gasteiger charge is -2.18. The average molecular weight is 1060 g/mol. The van der Waals surface area contributed by atoms with E-state index in [1.54, 1.807) is 6.08 Å². The summed E-state index contributed by atoms with van der Waals surface area (Å²) >= 11 is 0. The number of ether oxygens (including phenoxy) is 3. The van der Waals surface area contributed by atoms with Gasteiger partial charge in [-0.05, 0) is 109 Å². The Morgan fingerprint density at radius 1 is 0.289 bits per heavy atom. The highest BCUT2D eigenvalue weighted by molar-refractivity contribution is 5.72. The Hall–Kier alpha value is -3.93. The second-order valence-corrected chi connectivity index (χ2v) is 20.9. The molecule has 0 amide bonds. The van der Waals surface area contributed by atoms with Crippen molar-refractivity contribution in [1.29, 1.82) is 0 Å². The minimum Gasteiger partial charge on any atom is -0.462 e. The smallest absolute Gasteiger partial charge is 0.310 e. The molecule has 6 nitrogen and oxygen atoms in total. The lowest BCUT2D eigenvalue weighted by Crippen LogP contribution is -2.30. The third-order valence-corrected chi connectivity index (χ3v) is 13.5. The van der Waals surface area contributed by atoms with Crippen molar-refractivity contribution in [1.82, 2.24) is 0 Å². The van der Waals surface area contributed by atoms with Crippen molar-refractivity contribution in [2.75, 3.05) is 13.2 Å². The first-order valence-corrected chi connectivity index (χ1v) is 31.9. The van der Waals surface area contributed by atoms with Gasteiger partial charge < -0.3 is 14.2 Å². The summed E-state index contributed by atoms with van der Waals surface area (Å²) in [6.45, 7) is 6.43. The van der Waals surface area contributed by atoms with Crippen molar-refractivity contribution < 1.29 is 28.6 Å². The van der Waals surface area contributed by atoms with E-state index >= 15 is 0 Å². The van der Waals surface area contributed by atoms with E-state index in [-0.39, 0.29) is 31.6 Å². The Labute approximate surface area is 470 Å². The maximum atomic E-state index is 12.8. The van der Waals surface area contributed by atoms with Crippen LogP contribution in [0.3, 0.4) is 0 Å². The van der Waals surface area contributed by atoms with Crippen LogP contribution in [-0.4, -0.2) is 37.2 Å². The maximum Gasteiger partial charge on any atom is 0.310 e. The molecular weight excluding hydrogens is 937 g/mol. The minimum atomic E-state index is -0.838. The Bertz CT molecular complexity index is 1540. The second-order valence-electron chi connectivity index (χ2n) is 20.9. The monoisotopic (exact) mass is 1050 g/mol. The van der Waals surface area contributed by atoms with E-state index in [0.29, 0.717) is 12.8 Å². The number of allylic oxidation sites excluding steroid dienone is 17. The second kappa shape index (κ2) is 63.6. The quantitative estimate of drug-likeness (QED) is 0.0261. The fourth-order valence-corrected chi connectivity index (χ4v) is 8.76. The van der Waals surface area contributed by atoms with Crippen molar-refractivity contribution in [3.8, 4) is 0 Å². The predicted molar refractivity (Wildman–Crippen MR) is 330 cm³/mol. The Morgan fingerprint density at radius 2 is 0.553 bits per heavy atom. The molecule has 6 heteroatoms. The van der Waals surface area contributed by atoms with E-state index in [1.165, 1.54) is 161 Å². The highest BCUT2D eigenvalue weighted by atomic mass is 16.6. The van der Waals surface area contributed by atoms with Gasteiger partial charge in [-0.3, -0.25) is 14.4 Å². The highest BCUT2D eigenvalue weighted by Crippen LogP contribution is 2.16. The minimum absolute atomic E-state index is 0.0936. The fourth-order valence-electron chi connectivity index (χ4n) is 8.76. The number of hydrogen-bond acceptors (Lipinski definition) is 6. The molecule has 0 saturated carbocycles. The Balaban J connectivity index is 4.31. The molecule has 1 atom stereocenters. The van der Waals surface area contributed by atoms with E-state index in [2.05, 4.69) is 118 Å². The normalized spacial score (nSPS) is 12.8. The lowest BCUT2D eigenvalue weighted by atomic mass is 10.0. The summed E-state index contributed by atoms with van der Waals surface area (Å²) in [7, 11) is 0. The molecule has 434 valence electrons. The molecule has 0 aromatic carbocycles. The average Bonchev–Trinajstić information content (AvgIpc) is 3.42. The third kappa shape index (κ3) is 60.9. The van der Waals surface area contributed by atoms with Crippen LogP contribution in [0.5, 0.6) is 0 Å². The van der Waals surface area contributed by atoms with Crippen LogP contribution in [0.2, 0.25) is 0 Å². The predicted octanol–water partition coefficient (Wildman–Crippen LogP) is 21.8. The van der Waals surface area contributed by atoms with Crippen molar-refractivity contribution in [2.24, 2.45) is 0 Å². The summed E-state index contributed by atoms with van der Waals surface area (Å²) in [5, 5.41) is 0. The summed E-state index contributed by atoms with van der Waals surface area (Å²) < 4.78 is 16.8. The Kier molecular flexibility index (Phi) is 60.3. The van der Waals surface area contributed by atoms with Gasteiger partial charge in [-0.2, -0.15) is 0 Å². The van der Waals surface area contributed by atoms with Crippen molar-refractivity contribution >= 4 is 17.9 Å². The molecule has 0 aromatic rings. The third-order valence-electron chi connectivity index (χ3n) is 13.5. The van der Waals surface area contributed by atoms with Gasteiger partial charge in [-0.1, -0.05) is 278 Å². The highest BCUT2D eigenvalue weighted by Gasteiger charge is 2.19. The van der Waals surface area contributed by atoms with Crippen LogP contribution in [0.25, 0.3) is 0 Å². The summed E-state index contributed by atoms with van der Waals surface area (Å²) in [6, 6.07) is 0. The van der Waals surface area contributed by atoms with Crippen molar-refractivity contribution in [2.45, 2.75) is 303 Å². The van der Waals surface area contributed by atoms with Gasteiger partial charge in [0.1, 0.15) is 13.2 Å². The number of carbonyl (C=O) groups excluding carboxylic acids is 3. The van der Waals surface area contributed by atoms with Crippen LogP contribution in [0.1, 0.15) is 297 Å². The zero-order chi connectivity index (χ0) is 55.0. The van der Waals surface area contributed by atoms with Crippen LogP contribution in [0, 0.1) is 0 Å². The maximum absolute atomic E-state index is 12.8. The molecular formula is C70H118O6. The molecule has 0 rings (SSSR count). The molecule has 0 saturated heterocycles. The summed E-state index contributed by atoms with van der Waals surface area (Å²) in [4.78, 5) is 38.2. The van der Waals surface area contributed by atoms with Gasteiger partial charge >= 0.3 is 17.9 Å². The molecule has 0 aromatic heterocycles. The van der Waals surface area contributed by atoms with Gasteiger partial charge in [0.2, 0.25) is 0 Å². The SMILES string of the molecule is CC/C=C\C/C=C\C/C=C\C/C=C\C/C=C\CC(=O)OC(COC(=O)CCCCCCC/C=C\CCCCCCC)COC(=O)CCCCCCCCCCCCCCCC/C=C\C/C=C\C/C=C\CCCCCCC. The van der Waals surface area contributed by atoms with E-state index in [9.17, 15) is 14.4 Å². The Morgan fingerprint density at radius 3 is 0.882 bits per heavy atom. The number of unbranched alkanes of at least 4 members (excludes halogenated alkanes) is 29. The van der Waals surface area contributed by atoms with Gasteiger partial charge in [0.25, 0.3) is 0 Å². The number of carbonyl (C=O) groups is 3. The summed E-state index contributed by atoms with van der Waals surface area (Å²) in [5.41, 5.74) is 0. The van der Waals surface area contributed by atoms with Crippen molar-refractivity contribution in [3.05, 3.63) is 109 Å². The first kappa shape index (κ1) is 72.1. The molecule has 76 heavy (non-hydrogen) atoms. The van der Waals surface area contributed by atoms with Gasteiger partial charge in [-0.25, -0.2) is 0 Å². The molecule has 0 aliphatic heterocycles. The number of esters is 3. The van der Waals surface area contributed by atoms with Crippen LogP contribution in [-0.2, 0) is 28.6 Å². The molecule has 0 heterocycles. The van der Waals surface area contributed by atoms with Crippen LogP contribution in [0.15, 0.2) is 109 Å². The number of rotatable bonds is 57. The van der Waals surface area contributed by atoms with Crippen LogP contribution < -0.4 is 0 Å². The van der Waals surface area contributed by atoms with E-state index in [0.717, 1.165) is 96.3 Å². The number of hydrogen-bond donors (Lipinski definition) is 0.